The first-order chi connectivity index (χ1) is 12.9. The summed E-state index contributed by atoms with van der Waals surface area (Å²) >= 11 is 1.47. The predicted octanol–water partition coefficient (Wildman–Crippen LogP) is 4.00. The molecule has 3 fully saturated rings. The molecule has 3 aliphatic rings. The van der Waals surface area contributed by atoms with Gasteiger partial charge in [0.15, 0.2) is 0 Å². The number of amides is 1. The van der Waals surface area contributed by atoms with Gasteiger partial charge in [0.2, 0.25) is 0 Å². The molecule has 1 aromatic carbocycles. The van der Waals surface area contributed by atoms with Crippen LogP contribution in [0.25, 0.3) is 11.3 Å². The molecule has 3 aliphatic heterocycles. The molecule has 0 saturated carbocycles. The van der Waals surface area contributed by atoms with Crippen LogP contribution in [0.2, 0.25) is 0 Å². The molecule has 4 heterocycles. The minimum absolute atomic E-state index is 0.0191. The van der Waals surface area contributed by atoms with Crippen molar-refractivity contribution in [2.45, 2.75) is 38.3 Å². The van der Waals surface area contributed by atoms with Crippen molar-refractivity contribution in [3.8, 4) is 11.3 Å². The van der Waals surface area contributed by atoms with Crippen molar-refractivity contribution >= 4 is 17.4 Å². The maximum atomic E-state index is 13.1. The zero-order valence-corrected chi connectivity index (χ0v) is 16.4. The Kier molecular flexibility index (Phi) is 4.90. The highest BCUT2D eigenvalue weighted by Crippen LogP contribution is 2.31. The van der Waals surface area contributed by atoms with Gasteiger partial charge < -0.3 is 10.1 Å². The number of thiazole rings is 1. The minimum atomic E-state index is -0.645. The summed E-state index contributed by atoms with van der Waals surface area (Å²) in [5.41, 5.74) is 0.980. The lowest BCUT2D eigenvalue weighted by Crippen LogP contribution is -2.53. The lowest BCUT2D eigenvalue weighted by molar-refractivity contribution is -0.0349. The number of carbonyl (C=O) groups is 1. The largest absolute Gasteiger partial charge is 0.445 e. The highest BCUT2D eigenvalue weighted by molar-refractivity contribution is 7.10. The smallest absolute Gasteiger partial charge is 0.408 e. The summed E-state index contributed by atoms with van der Waals surface area (Å²) < 4.78 is 18.8. The van der Waals surface area contributed by atoms with E-state index in [-0.39, 0.29) is 11.9 Å². The van der Waals surface area contributed by atoms with Gasteiger partial charge in [-0.1, -0.05) is 0 Å². The van der Waals surface area contributed by atoms with E-state index in [9.17, 15) is 9.18 Å². The van der Waals surface area contributed by atoms with E-state index in [0.29, 0.717) is 5.92 Å². The van der Waals surface area contributed by atoms with Crippen LogP contribution in [0.4, 0.5) is 9.18 Å². The molecule has 1 amide bonds. The maximum Gasteiger partial charge on any atom is 0.408 e. The molecular weight excluding hydrogens is 365 g/mol. The van der Waals surface area contributed by atoms with Crippen molar-refractivity contribution in [1.82, 2.24) is 15.2 Å². The maximum absolute atomic E-state index is 13.1. The molecule has 1 N–H and O–H groups in total. The van der Waals surface area contributed by atoms with Gasteiger partial charge in [0.05, 0.1) is 11.2 Å². The fourth-order valence-electron chi connectivity index (χ4n) is 3.83. The van der Waals surface area contributed by atoms with Crippen molar-refractivity contribution in [2.24, 2.45) is 5.92 Å². The van der Waals surface area contributed by atoms with E-state index in [1.165, 1.54) is 23.5 Å². The van der Waals surface area contributed by atoms with Crippen LogP contribution in [0.5, 0.6) is 0 Å². The van der Waals surface area contributed by atoms with Crippen molar-refractivity contribution < 1.29 is 13.9 Å². The summed E-state index contributed by atoms with van der Waals surface area (Å²) in [6.45, 7) is 6.90. The first kappa shape index (κ1) is 18.4. The second kappa shape index (κ2) is 7.20. The Labute approximate surface area is 162 Å². The van der Waals surface area contributed by atoms with Crippen LogP contribution in [0.15, 0.2) is 29.6 Å². The number of benzene rings is 1. The average molecular weight is 389 g/mol. The standard InChI is InChI=1S/C20H24FN3O2S/c1-20(2,18-22-16(12-27-18)13-3-5-15(21)6-4-13)23-19(25)26-17-11-24-9-7-14(17)8-10-24/h3-6,12,14,17H,7-11H2,1-2H3,(H,23,25)/t17-/m1/s1. The molecule has 7 heteroatoms. The molecule has 0 aliphatic carbocycles. The molecule has 5 rings (SSSR count). The van der Waals surface area contributed by atoms with Crippen LogP contribution in [-0.4, -0.2) is 41.7 Å². The summed E-state index contributed by atoms with van der Waals surface area (Å²) in [6.07, 6.45) is 1.80. The number of ether oxygens (including phenoxy) is 1. The Hall–Kier alpha value is -1.99. The van der Waals surface area contributed by atoms with E-state index in [1.54, 1.807) is 12.1 Å². The summed E-state index contributed by atoms with van der Waals surface area (Å²) in [7, 11) is 0. The Bertz CT molecular complexity index is 813. The van der Waals surface area contributed by atoms with Gasteiger partial charge in [-0.15, -0.1) is 11.3 Å². The third-order valence-electron chi connectivity index (χ3n) is 5.45. The molecule has 3 saturated heterocycles. The summed E-state index contributed by atoms with van der Waals surface area (Å²) in [6, 6.07) is 6.25. The van der Waals surface area contributed by atoms with Crippen LogP contribution in [0.3, 0.4) is 0 Å². The Morgan fingerprint density at radius 1 is 1.30 bits per heavy atom. The van der Waals surface area contributed by atoms with E-state index in [4.69, 9.17) is 4.74 Å². The lowest BCUT2D eigenvalue weighted by atomic mass is 9.86. The number of alkyl carbamates (subject to hydrolysis) is 1. The zero-order chi connectivity index (χ0) is 19.0. The molecule has 2 bridgehead atoms. The lowest BCUT2D eigenvalue weighted by Gasteiger charge is -2.44. The van der Waals surface area contributed by atoms with Crippen molar-refractivity contribution in [2.75, 3.05) is 19.6 Å². The quantitative estimate of drug-likeness (QED) is 0.859. The van der Waals surface area contributed by atoms with Crippen LogP contribution >= 0.6 is 11.3 Å². The number of hydrogen-bond donors (Lipinski definition) is 1. The number of hydrogen-bond acceptors (Lipinski definition) is 5. The Balaban J connectivity index is 1.41. The molecular formula is C20H24FN3O2S. The molecule has 27 heavy (non-hydrogen) atoms. The second-order valence-corrected chi connectivity index (χ2v) is 8.73. The summed E-state index contributed by atoms with van der Waals surface area (Å²) in [5, 5.41) is 5.67. The summed E-state index contributed by atoms with van der Waals surface area (Å²) in [4.78, 5) is 19.5. The van der Waals surface area contributed by atoms with Crippen LogP contribution in [0.1, 0.15) is 31.7 Å². The van der Waals surface area contributed by atoms with E-state index >= 15 is 0 Å². The number of rotatable bonds is 4. The molecule has 1 atom stereocenters. The normalized spacial score (nSPS) is 24.6. The number of fused-ring (bicyclic) bond motifs is 3. The number of nitrogens with zero attached hydrogens (tertiary/aromatic N) is 2. The molecule has 0 unspecified atom stereocenters. The van der Waals surface area contributed by atoms with Crippen molar-refractivity contribution in [1.29, 1.82) is 0 Å². The number of piperidine rings is 3. The Morgan fingerprint density at radius 2 is 2.00 bits per heavy atom. The van der Waals surface area contributed by atoms with E-state index < -0.39 is 11.6 Å². The highest BCUT2D eigenvalue weighted by atomic mass is 32.1. The predicted molar refractivity (Wildman–Crippen MR) is 103 cm³/mol. The van der Waals surface area contributed by atoms with Gasteiger partial charge in [0, 0.05) is 17.5 Å². The van der Waals surface area contributed by atoms with E-state index in [2.05, 4.69) is 15.2 Å². The average Bonchev–Trinajstić information content (AvgIpc) is 3.14. The highest BCUT2D eigenvalue weighted by Gasteiger charge is 2.37. The van der Waals surface area contributed by atoms with Crippen molar-refractivity contribution in [3.05, 3.63) is 40.5 Å². The summed E-state index contributed by atoms with van der Waals surface area (Å²) in [5.74, 6) is 0.209. The van der Waals surface area contributed by atoms with Crippen LogP contribution < -0.4 is 5.32 Å². The minimum Gasteiger partial charge on any atom is -0.445 e. The molecule has 0 radical (unpaired) electrons. The van der Waals surface area contributed by atoms with Gasteiger partial charge in [-0.3, -0.25) is 4.90 Å². The first-order valence-electron chi connectivity index (χ1n) is 9.34. The monoisotopic (exact) mass is 389 g/mol. The molecule has 0 spiro atoms. The molecule has 144 valence electrons. The SMILES string of the molecule is CC(C)(NC(=O)O[C@@H]1CN2CCC1CC2)c1nc(-c2ccc(F)cc2)cs1. The number of aromatic nitrogens is 1. The molecule has 1 aromatic heterocycles. The Morgan fingerprint density at radius 3 is 2.63 bits per heavy atom. The van der Waals surface area contributed by atoms with E-state index in [1.807, 2.05) is 19.2 Å². The van der Waals surface area contributed by atoms with Gasteiger partial charge in [0.1, 0.15) is 16.9 Å². The fourth-order valence-corrected chi connectivity index (χ4v) is 4.74. The third-order valence-corrected chi connectivity index (χ3v) is 6.61. The number of nitrogens with one attached hydrogen (secondary N) is 1. The van der Waals surface area contributed by atoms with Gasteiger partial charge in [-0.25, -0.2) is 14.2 Å². The van der Waals surface area contributed by atoms with Crippen molar-refractivity contribution in [3.63, 3.8) is 0 Å². The number of carbonyl (C=O) groups excluding carboxylic acids is 1. The van der Waals surface area contributed by atoms with E-state index in [0.717, 1.165) is 48.7 Å². The number of halogens is 1. The second-order valence-electron chi connectivity index (χ2n) is 7.88. The van der Waals surface area contributed by atoms with Crippen LogP contribution in [-0.2, 0) is 10.3 Å². The molecule has 5 nitrogen and oxygen atoms in total. The van der Waals surface area contributed by atoms with Crippen LogP contribution in [0, 0.1) is 11.7 Å². The first-order valence-corrected chi connectivity index (χ1v) is 10.2. The third kappa shape index (κ3) is 3.99. The molecule has 2 aromatic rings. The van der Waals surface area contributed by atoms with Gasteiger partial charge in [-0.05, 0) is 70.0 Å². The topological polar surface area (TPSA) is 54.5 Å². The van der Waals surface area contributed by atoms with Gasteiger partial charge in [-0.2, -0.15) is 0 Å². The fraction of sp³-hybridized carbons (Fsp3) is 0.500. The van der Waals surface area contributed by atoms with Gasteiger partial charge in [0.25, 0.3) is 0 Å². The van der Waals surface area contributed by atoms with Gasteiger partial charge >= 0.3 is 6.09 Å². The zero-order valence-electron chi connectivity index (χ0n) is 15.6.